The Hall–Kier alpha value is -7.82. The maximum Gasteiger partial charge on any atom is 0.160 e. The smallest absolute Gasteiger partial charge is 0.160 e. The summed E-state index contributed by atoms with van der Waals surface area (Å²) in [6.07, 6.45) is 15.1. The Kier molecular flexibility index (Phi) is 8.48. The minimum Gasteiger partial charge on any atom is -0.357 e. The van der Waals surface area contributed by atoms with Crippen LogP contribution in [-0.4, -0.2) is 26.6 Å². The van der Waals surface area contributed by atoms with Crippen molar-refractivity contribution in [3.8, 4) is 50.7 Å². The molecule has 0 bridgehead atoms. The van der Waals surface area contributed by atoms with Crippen LogP contribution < -0.4 is 4.90 Å². The molecule has 7 aromatic carbocycles. The summed E-state index contributed by atoms with van der Waals surface area (Å²) in [6, 6.07) is 64.5. The summed E-state index contributed by atoms with van der Waals surface area (Å²) in [5.74, 6) is 1.09. The summed E-state index contributed by atoms with van der Waals surface area (Å²) in [7, 11) is 0. The lowest BCUT2D eigenvalue weighted by molar-refractivity contribution is 0.660. The number of aromatic nitrogens is 3. The van der Waals surface area contributed by atoms with Gasteiger partial charge in [0.25, 0.3) is 0 Å². The van der Waals surface area contributed by atoms with Crippen molar-refractivity contribution in [1.29, 1.82) is 0 Å². The van der Waals surface area contributed by atoms with Gasteiger partial charge in [0.15, 0.2) is 5.82 Å². The van der Waals surface area contributed by atoms with Crippen molar-refractivity contribution >= 4 is 33.1 Å². The summed E-state index contributed by atoms with van der Waals surface area (Å²) >= 11 is 0. The van der Waals surface area contributed by atoms with Crippen molar-refractivity contribution in [1.82, 2.24) is 14.5 Å². The maximum atomic E-state index is 5.21. The molecule has 4 aliphatic rings. The highest BCUT2D eigenvalue weighted by atomic mass is 15.2. The van der Waals surface area contributed by atoms with Crippen LogP contribution in [-0.2, 0) is 5.41 Å². The average molecular weight is 835 g/mol. The molecule has 3 atom stereocenters. The van der Waals surface area contributed by atoms with E-state index in [1.165, 1.54) is 66.5 Å². The molecule has 13 rings (SSSR count). The van der Waals surface area contributed by atoms with Gasteiger partial charge >= 0.3 is 0 Å². The first kappa shape index (κ1) is 37.7. The van der Waals surface area contributed by atoms with Crippen molar-refractivity contribution in [2.45, 2.75) is 37.8 Å². The fraction of sp³-hybridized carbons (Fsp3) is 0.115. The van der Waals surface area contributed by atoms with Crippen LogP contribution in [0.25, 0.3) is 78.1 Å². The average Bonchev–Trinajstić information content (AvgIpc) is 3.96. The van der Waals surface area contributed by atoms with Gasteiger partial charge < -0.3 is 9.47 Å². The van der Waals surface area contributed by atoms with Crippen molar-refractivity contribution in [3.63, 3.8) is 0 Å². The lowest BCUT2D eigenvalue weighted by atomic mass is 9.82. The maximum absolute atomic E-state index is 5.21. The monoisotopic (exact) mass is 834 g/mol. The molecule has 4 nitrogen and oxygen atoms in total. The molecule has 3 heterocycles. The standard InChI is InChI=1S/C61H46N4/c1-61(2)52-22-12-9-19-46(52)47-32-27-43(37-53(47)61)55-38-54(62-60(63-55)40-15-5-3-6-16-40)39-25-30-45(31-26-39)65-57-24-14-11-21-49(57)51-36-42(29-34-59(51)65)41-28-33-58-50(35-41)48-20-10-13-23-56(48)64(58)44-17-7-4-8-18-44/h3-32,34-38,48,56,58H,33H2,1-2H3. The molecule has 1 saturated heterocycles. The van der Waals surface area contributed by atoms with Crippen LogP contribution in [0.4, 0.5) is 5.69 Å². The van der Waals surface area contributed by atoms with Gasteiger partial charge in [-0.1, -0.05) is 172 Å². The fourth-order valence-corrected chi connectivity index (χ4v) is 11.4. The predicted molar refractivity (Wildman–Crippen MR) is 269 cm³/mol. The number of benzene rings is 7. The predicted octanol–water partition coefficient (Wildman–Crippen LogP) is 14.6. The summed E-state index contributed by atoms with van der Waals surface area (Å²) in [5.41, 5.74) is 19.0. The molecule has 0 N–H and O–H groups in total. The number of hydrogen-bond donors (Lipinski definition) is 0. The second-order valence-electron chi connectivity index (χ2n) is 18.5. The molecule has 2 aromatic heterocycles. The number of rotatable bonds is 6. The summed E-state index contributed by atoms with van der Waals surface area (Å²) in [4.78, 5) is 13.0. The van der Waals surface area contributed by atoms with E-state index in [9.17, 15) is 0 Å². The first-order valence-corrected chi connectivity index (χ1v) is 22.9. The van der Waals surface area contributed by atoms with Gasteiger partial charge in [0, 0.05) is 50.2 Å². The summed E-state index contributed by atoms with van der Waals surface area (Å²) in [6.45, 7) is 4.66. The minimum absolute atomic E-state index is 0.103. The number of allylic oxidation sites excluding steroid dienone is 4. The Morgan fingerprint density at radius 3 is 2.05 bits per heavy atom. The summed E-state index contributed by atoms with van der Waals surface area (Å²) < 4.78 is 2.41. The second kappa shape index (κ2) is 14.6. The van der Waals surface area contributed by atoms with E-state index in [1.807, 2.05) is 6.07 Å². The zero-order valence-corrected chi connectivity index (χ0v) is 36.4. The van der Waals surface area contributed by atoms with Gasteiger partial charge in [0.1, 0.15) is 0 Å². The molecular weight excluding hydrogens is 789 g/mol. The molecule has 65 heavy (non-hydrogen) atoms. The topological polar surface area (TPSA) is 34.0 Å². The molecule has 0 spiro atoms. The van der Waals surface area contributed by atoms with Crippen molar-refractivity contribution in [3.05, 3.63) is 235 Å². The Balaban J connectivity index is 0.864. The van der Waals surface area contributed by atoms with Crippen LogP contribution >= 0.6 is 0 Å². The van der Waals surface area contributed by atoms with E-state index in [0.29, 0.717) is 18.0 Å². The van der Waals surface area contributed by atoms with E-state index < -0.39 is 0 Å². The van der Waals surface area contributed by atoms with Crippen LogP contribution in [0, 0.1) is 5.92 Å². The molecule has 3 unspecified atom stereocenters. The van der Waals surface area contributed by atoms with Crippen LogP contribution in [0.3, 0.4) is 0 Å². The van der Waals surface area contributed by atoms with Crippen LogP contribution in [0.2, 0.25) is 0 Å². The Morgan fingerprint density at radius 2 is 1.20 bits per heavy atom. The number of nitrogens with zero attached hydrogens (tertiary/aromatic N) is 4. The highest BCUT2D eigenvalue weighted by Crippen LogP contribution is 2.50. The van der Waals surface area contributed by atoms with E-state index >= 15 is 0 Å². The van der Waals surface area contributed by atoms with Gasteiger partial charge in [-0.25, -0.2) is 9.97 Å². The van der Waals surface area contributed by atoms with Crippen LogP contribution in [0.1, 0.15) is 37.0 Å². The van der Waals surface area contributed by atoms with Gasteiger partial charge in [-0.15, -0.1) is 0 Å². The molecule has 0 amide bonds. The zero-order valence-electron chi connectivity index (χ0n) is 36.4. The lowest BCUT2D eigenvalue weighted by Crippen LogP contribution is -2.37. The van der Waals surface area contributed by atoms with E-state index in [0.717, 1.165) is 46.0 Å². The Bertz CT molecular complexity index is 3490. The molecule has 1 aliphatic heterocycles. The quantitative estimate of drug-likeness (QED) is 0.167. The molecule has 0 saturated carbocycles. The largest absolute Gasteiger partial charge is 0.357 e. The Morgan fingerprint density at radius 1 is 0.523 bits per heavy atom. The van der Waals surface area contributed by atoms with Crippen LogP contribution in [0.15, 0.2) is 218 Å². The number of hydrogen-bond acceptors (Lipinski definition) is 3. The molecule has 9 aromatic rings. The summed E-state index contributed by atoms with van der Waals surface area (Å²) in [5, 5.41) is 2.51. The van der Waals surface area contributed by atoms with E-state index in [4.69, 9.17) is 9.97 Å². The third kappa shape index (κ3) is 5.97. The van der Waals surface area contributed by atoms with Crippen molar-refractivity contribution in [2.75, 3.05) is 4.90 Å². The highest BCUT2D eigenvalue weighted by molar-refractivity contribution is 6.10. The van der Waals surface area contributed by atoms with Crippen molar-refractivity contribution < 1.29 is 0 Å². The zero-order chi connectivity index (χ0) is 43.2. The number of para-hydroxylation sites is 2. The van der Waals surface area contributed by atoms with Gasteiger partial charge in [-0.2, -0.15) is 0 Å². The number of fused-ring (bicyclic) bond motifs is 9. The second-order valence-corrected chi connectivity index (χ2v) is 18.5. The molecular formula is C61H46N4. The van der Waals surface area contributed by atoms with Crippen molar-refractivity contribution in [2.24, 2.45) is 5.92 Å². The van der Waals surface area contributed by atoms with E-state index in [1.54, 1.807) is 0 Å². The SMILES string of the molecule is CC1(C)c2ccccc2-c2ccc(-c3cc(-c4ccc(-n5c6ccccc6c6cc(C7=CCC8C(=C7)C7C=CC=CC7N8c7ccccc7)ccc65)cc4)nc(-c4ccccc4)n3)cc21. The normalized spacial score (nSPS) is 18.9. The molecule has 4 heteroatoms. The highest BCUT2D eigenvalue weighted by Gasteiger charge is 2.44. The Labute approximate surface area is 379 Å². The van der Waals surface area contributed by atoms with Gasteiger partial charge in [-0.3, -0.25) is 0 Å². The van der Waals surface area contributed by atoms with E-state index in [-0.39, 0.29) is 5.41 Å². The molecule has 0 radical (unpaired) electrons. The third-order valence-electron chi connectivity index (χ3n) is 14.5. The van der Waals surface area contributed by atoms with E-state index in [2.05, 4.69) is 230 Å². The van der Waals surface area contributed by atoms with Gasteiger partial charge in [0.05, 0.1) is 34.5 Å². The minimum atomic E-state index is -0.103. The van der Waals surface area contributed by atoms with Gasteiger partial charge in [-0.05, 0) is 100.0 Å². The first-order valence-electron chi connectivity index (χ1n) is 22.9. The lowest BCUT2D eigenvalue weighted by Gasteiger charge is -2.32. The van der Waals surface area contributed by atoms with Crippen LogP contribution in [0.5, 0.6) is 0 Å². The van der Waals surface area contributed by atoms with Gasteiger partial charge in [0.2, 0.25) is 0 Å². The molecule has 310 valence electrons. The fourth-order valence-electron chi connectivity index (χ4n) is 11.4. The third-order valence-corrected chi connectivity index (χ3v) is 14.5. The molecule has 1 fully saturated rings. The molecule has 3 aliphatic carbocycles. The first-order chi connectivity index (χ1) is 32.0. The number of anilines is 1.